The SMILES string of the molecule is CC1(C(O)c2ccc([N+](=O)[O-])cc2)N=CC=N1. The minimum Gasteiger partial charge on any atom is -0.384 e. The summed E-state index contributed by atoms with van der Waals surface area (Å²) in [4.78, 5) is 18.2. The van der Waals surface area contributed by atoms with Crippen LogP contribution in [0.4, 0.5) is 5.69 Å². The molecule has 0 radical (unpaired) electrons. The van der Waals surface area contributed by atoms with Gasteiger partial charge in [-0.3, -0.25) is 20.1 Å². The Kier molecular flexibility index (Phi) is 2.72. The van der Waals surface area contributed by atoms with E-state index in [1.165, 1.54) is 36.7 Å². The van der Waals surface area contributed by atoms with Crippen molar-refractivity contribution in [1.82, 2.24) is 0 Å². The maximum absolute atomic E-state index is 10.5. The number of hydrogen-bond acceptors (Lipinski definition) is 5. The Morgan fingerprint density at radius 3 is 2.29 bits per heavy atom. The molecule has 1 atom stereocenters. The fourth-order valence-electron chi connectivity index (χ4n) is 1.64. The lowest BCUT2D eigenvalue weighted by Crippen LogP contribution is -2.26. The van der Waals surface area contributed by atoms with E-state index < -0.39 is 16.7 Å². The lowest BCUT2D eigenvalue weighted by Gasteiger charge is -2.24. The van der Waals surface area contributed by atoms with Gasteiger partial charge in [-0.2, -0.15) is 0 Å². The van der Waals surface area contributed by atoms with E-state index in [4.69, 9.17) is 0 Å². The Labute approximate surface area is 97.5 Å². The lowest BCUT2D eigenvalue weighted by atomic mass is 9.98. The van der Waals surface area contributed by atoms with Crippen LogP contribution in [0.5, 0.6) is 0 Å². The monoisotopic (exact) mass is 233 g/mol. The molecule has 0 bridgehead atoms. The van der Waals surface area contributed by atoms with Gasteiger partial charge in [-0.1, -0.05) is 0 Å². The number of rotatable bonds is 3. The molecule has 1 N–H and O–H groups in total. The topological polar surface area (TPSA) is 88.1 Å². The quantitative estimate of drug-likeness (QED) is 0.633. The van der Waals surface area contributed by atoms with Gasteiger partial charge in [0.1, 0.15) is 6.10 Å². The molecule has 17 heavy (non-hydrogen) atoms. The molecular weight excluding hydrogens is 222 g/mol. The number of aliphatic hydroxyl groups is 1. The molecule has 1 heterocycles. The van der Waals surface area contributed by atoms with Crippen molar-refractivity contribution in [1.29, 1.82) is 0 Å². The van der Waals surface area contributed by atoms with E-state index in [0.717, 1.165) is 0 Å². The maximum atomic E-state index is 10.5. The van der Waals surface area contributed by atoms with Crippen LogP contribution >= 0.6 is 0 Å². The summed E-state index contributed by atoms with van der Waals surface area (Å²) in [6.45, 7) is 1.69. The molecule has 0 aliphatic carbocycles. The van der Waals surface area contributed by atoms with Crippen LogP contribution in [0.15, 0.2) is 34.3 Å². The zero-order chi connectivity index (χ0) is 12.5. The molecule has 1 aromatic rings. The van der Waals surface area contributed by atoms with Gasteiger partial charge in [0.25, 0.3) is 5.69 Å². The van der Waals surface area contributed by atoms with Crippen molar-refractivity contribution in [2.45, 2.75) is 18.7 Å². The summed E-state index contributed by atoms with van der Waals surface area (Å²) >= 11 is 0. The molecule has 2 rings (SSSR count). The van der Waals surface area contributed by atoms with Crippen molar-refractivity contribution in [2.24, 2.45) is 9.98 Å². The van der Waals surface area contributed by atoms with Crippen LogP contribution in [0.1, 0.15) is 18.6 Å². The largest absolute Gasteiger partial charge is 0.384 e. The third kappa shape index (κ3) is 2.07. The Morgan fingerprint density at radius 1 is 1.29 bits per heavy atom. The first-order valence-corrected chi connectivity index (χ1v) is 5.04. The molecule has 1 aromatic carbocycles. The van der Waals surface area contributed by atoms with Crippen LogP contribution in [0, 0.1) is 10.1 Å². The third-order valence-corrected chi connectivity index (χ3v) is 2.68. The first-order valence-electron chi connectivity index (χ1n) is 5.04. The molecule has 1 aliphatic heterocycles. The number of nitro benzene ring substituents is 1. The summed E-state index contributed by atoms with van der Waals surface area (Å²) in [5.41, 5.74) is -0.394. The average molecular weight is 233 g/mol. The standard InChI is InChI=1S/C11H11N3O3/c1-11(12-6-7-13-11)10(15)8-2-4-9(5-3-8)14(16)17/h2-7,10,15H,1H3. The second-order valence-electron chi connectivity index (χ2n) is 3.90. The van der Waals surface area contributed by atoms with Crippen LogP contribution in [0.3, 0.4) is 0 Å². The first kappa shape index (κ1) is 11.4. The van der Waals surface area contributed by atoms with Gasteiger partial charge in [0.2, 0.25) is 0 Å². The van der Waals surface area contributed by atoms with E-state index in [9.17, 15) is 15.2 Å². The molecule has 6 nitrogen and oxygen atoms in total. The number of hydrogen-bond donors (Lipinski definition) is 1. The molecule has 88 valence electrons. The van der Waals surface area contributed by atoms with Crippen molar-refractivity contribution in [3.8, 4) is 0 Å². The van der Waals surface area contributed by atoms with Crippen LogP contribution < -0.4 is 0 Å². The fourth-order valence-corrected chi connectivity index (χ4v) is 1.64. The molecule has 1 aliphatic rings. The van der Waals surface area contributed by atoms with Gasteiger partial charge in [0, 0.05) is 24.6 Å². The predicted molar refractivity (Wildman–Crippen MR) is 63.4 cm³/mol. The third-order valence-electron chi connectivity index (χ3n) is 2.68. The summed E-state index contributed by atoms with van der Waals surface area (Å²) in [6.07, 6.45) is 2.13. The second-order valence-corrected chi connectivity index (χ2v) is 3.90. The Balaban J connectivity index is 2.26. The van der Waals surface area contributed by atoms with Gasteiger partial charge in [0.15, 0.2) is 5.66 Å². The maximum Gasteiger partial charge on any atom is 0.269 e. The summed E-state index contributed by atoms with van der Waals surface area (Å²) in [5, 5.41) is 20.6. The van der Waals surface area contributed by atoms with Crippen molar-refractivity contribution >= 4 is 18.1 Å². The first-order chi connectivity index (χ1) is 8.03. The van der Waals surface area contributed by atoms with E-state index in [2.05, 4.69) is 9.98 Å². The van der Waals surface area contributed by atoms with Crippen LogP contribution in [0.25, 0.3) is 0 Å². The Hall–Kier alpha value is -2.08. The summed E-state index contributed by atoms with van der Waals surface area (Å²) in [7, 11) is 0. The zero-order valence-electron chi connectivity index (χ0n) is 9.15. The molecular formula is C11H11N3O3. The lowest BCUT2D eigenvalue weighted by molar-refractivity contribution is -0.384. The van der Waals surface area contributed by atoms with E-state index in [1.54, 1.807) is 6.92 Å². The van der Waals surface area contributed by atoms with Gasteiger partial charge in [0.05, 0.1) is 4.92 Å². The number of nitrogens with zero attached hydrogens (tertiary/aromatic N) is 3. The molecule has 0 fully saturated rings. The van der Waals surface area contributed by atoms with Gasteiger partial charge < -0.3 is 5.11 Å². The molecule has 0 saturated carbocycles. The number of nitro groups is 1. The van der Waals surface area contributed by atoms with Crippen molar-refractivity contribution in [3.63, 3.8) is 0 Å². The summed E-state index contributed by atoms with van der Waals surface area (Å²) in [5.74, 6) is 0. The number of aliphatic imine (C=N–C) groups is 2. The van der Waals surface area contributed by atoms with Gasteiger partial charge in [-0.15, -0.1) is 0 Å². The van der Waals surface area contributed by atoms with Gasteiger partial charge >= 0.3 is 0 Å². The molecule has 0 amide bonds. The van der Waals surface area contributed by atoms with Gasteiger partial charge in [-0.25, -0.2) is 0 Å². The van der Waals surface area contributed by atoms with Crippen LogP contribution in [-0.2, 0) is 0 Å². The minimum atomic E-state index is -0.934. The molecule has 6 heteroatoms. The van der Waals surface area contributed by atoms with Crippen LogP contribution in [-0.4, -0.2) is 28.1 Å². The van der Waals surface area contributed by atoms with Gasteiger partial charge in [-0.05, 0) is 24.6 Å². The molecule has 0 saturated heterocycles. The zero-order valence-corrected chi connectivity index (χ0v) is 9.15. The van der Waals surface area contributed by atoms with Crippen molar-refractivity contribution in [2.75, 3.05) is 0 Å². The molecule has 0 spiro atoms. The highest BCUT2D eigenvalue weighted by molar-refractivity contribution is 6.17. The Morgan fingerprint density at radius 2 is 1.82 bits per heavy atom. The summed E-state index contributed by atoms with van der Waals surface area (Å²) < 4.78 is 0. The number of benzene rings is 1. The number of non-ortho nitro benzene ring substituents is 1. The van der Waals surface area contributed by atoms with E-state index in [1.807, 2.05) is 0 Å². The molecule has 0 aromatic heterocycles. The minimum absolute atomic E-state index is 0.00970. The number of aliphatic hydroxyl groups excluding tert-OH is 1. The van der Waals surface area contributed by atoms with E-state index >= 15 is 0 Å². The predicted octanol–water partition coefficient (Wildman–Crippen LogP) is 1.50. The fraction of sp³-hybridized carbons (Fsp3) is 0.273. The highest BCUT2D eigenvalue weighted by Crippen LogP contribution is 2.32. The highest BCUT2D eigenvalue weighted by atomic mass is 16.6. The molecule has 1 unspecified atom stereocenters. The smallest absolute Gasteiger partial charge is 0.269 e. The van der Waals surface area contributed by atoms with E-state index in [0.29, 0.717) is 5.56 Å². The van der Waals surface area contributed by atoms with Crippen molar-refractivity contribution in [3.05, 3.63) is 39.9 Å². The highest BCUT2D eigenvalue weighted by Gasteiger charge is 2.34. The van der Waals surface area contributed by atoms with Crippen molar-refractivity contribution < 1.29 is 10.0 Å². The second kappa shape index (κ2) is 4.06. The Bertz CT molecular complexity index is 481. The normalized spacial score (nSPS) is 18.2. The van der Waals surface area contributed by atoms with E-state index in [-0.39, 0.29) is 5.69 Å². The average Bonchev–Trinajstić information content (AvgIpc) is 2.76. The summed E-state index contributed by atoms with van der Waals surface area (Å²) in [6, 6.07) is 5.73. The van der Waals surface area contributed by atoms with Crippen LogP contribution in [0.2, 0.25) is 0 Å².